The molecule has 26 heavy (non-hydrogen) atoms. The average Bonchev–Trinajstić information content (AvgIpc) is 2.78. The van der Waals surface area contributed by atoms with Gasteiger partial charge in [-0.05, 0) is 18.4 Å². The Morgan fingerprint density at radius 1 is 1.19 bits per heavy atom. The zero-order chi connectivity index (χ0) is 19.7. The number of rotatable bonds is 5. The molecule has 0 bridgehead atoms. The monoisotopic (exact) mass is 371 g/mol. The molecule has 2 rings (SSSR count). The van der Waals surface area contributed by atoms with Gasteiger partial charge >= 0.3 is 12.2 Å². The summed E-state index contributed by atoms with van der Waals surface area (Å²) in [6.07, 6.45) is -5.41. The minimum absolute atomic E-state index is 0.213. The van der Waals surface area contributed by atoms with Gasteiger partial charge in [0.15, 0.2) is 0 Å². The number of urea groups is 1. The van der Waals surface area contributed by atoms with Crippen molar-refractivity contribution in [1.29, 1.82) is 0 Å². The number of imide groups is 1. The molecule has 1 heterocycles. The van der Waals surface area contributed by atoms with E-state index in [1.807, 2.05) is 0 Å². The van der Waals surface area contributed by atoms with E-state index in [-0.39, 0.29) is 12.3 Å². The second-order valence-electron chi connectivity index (χ2n) is 6.59. The summed E-state index contributed by atoms with van der Waals surface area (Å²) < 4.78 is 41.1. The maximum Gasteiger partial charge on any atom is 0.440 e. The van der Waals surface area contributed by atoms with Crippen molar-refractivity contribution in [2.45, 2.75) is 45.1 Å². The van der Waals surface area contributed by atoms with Crippen LogP contribution < -0.4 is 10.6 Å². The fraction of sp³-hybridized carbons (Fsp3) is 0.471. The van der Waals surface area contributed by atoms with Crippen LogP contribution in [0.2, 0.25) is 0 Å². The van der Waals surface area contributed by atoms with E-state index in [0.717, 1.165) is 0 Å². The Bertz CT molecular complexity index is 706. The molecule has 1 saturated heterocycles. The first kappa shape index (κ1) is 19.7. The first-order valence-electron chi connectivity index (χ1n) is 8.08. The van der Waals surface area contributed by atoms with Crippen LogP contribution in [0.4, 0.5) is 18.0 Å². The van der Waals surface area contributed by atoms with E-state index in [1.165, 1.54) is 6.92 Å². The van der Waals surface area contributed by atoms with Crippen molar-refractivity contribution >= 4 is 17.8 Å². The second-order valence-corrected chi connectivity index (χ2v) is 6.59. The molecule has 1 aromatic rings. The van der Waals surface area contributed by atoms with Gasteiger partial charge in [-0.25, -0.2) is 4.79 Å². The van der Waals surface area contributed by atoms with Crippen LogP contribution in [0, 0.1) is 5.92 Å². The van der Waals surface area contributed by atoms with Gasteiger partial charge in [0.2, 0.25) is 5.91 Å². The largest absolute Gasteiger partial charge is 0.440 e. The van der Waals surface area contributed by atoms with E-state index in [1.54, 1.807) is 54.8 Å². The highest BCUT2D eigenvalue weighted by molar-refractivity contribution is 6.09. The van der Waals surface area contributed by atoms with Crippen LogP contribution in [0.3, 0.4) is 0 Å². The molecule has 0 aliphatic carbocycles. The molecule has 6 nitrogen and oxygen atoms in total. The Balaban J connectivity index is 2.38. The first-order chi connectivity index (χ1) is 12.0. The van der Waals surface area contributed by atoms with Gasteiger partial charge in [-0.3, -0.25) is 19.8 Å². The molecule has 1 fully saturated rings. The lowest BCUT2D eigenvalue weighted by Gasteiger charge is -2.31. The molecular weight excluding hydrogens is 351 g/mol. The Morgan fingerprint density at radius 2 is 1.77 bits per heavy atom. The molecule has 1 aliphatic heterocycles. The minimum Gasteiger partial charge on any atom is -0.318 e. The van der Waals surface area contributed by atoms with Gasteiger partial charge in [-0.2, -0.15) is 13.2 Å². The highest BCUT2D eigenvalue weighted by Crippen LogP contribution is 2.37. The van der Waals surface area contributed by atoms with E-state index in [9.17, 15) is 27.6 Å². The predicted octanol–water partition coefficient (Wildman–Crippen LogP) is 2.72. The van der Waals surface area contributed by atoms with E-state index in [4.69, 9.17) is 0 Å². The summed E-state index contributed by atoms with van der Waals surface area (Å²) in [7, 11) is 0. The van der Waals surface area contributed by atoms with Crippen LogP contribution in [0.1, 0.15) is 38.8 Å². The summed E-state index contributed by atoms with van der Waals surface area (Å²) >= 11 is 0. The van der Waals surface area contributed by atoms with E-state index in [2.05, 4.69) is 0 Å². The van der Waals surface area contributed by atoms with Gasteiger partial charge in [0.1, 0.15) is 0 Å². The lowest BCUT2D eigenvalue weighted by Crippen LogP contribution is -2.69. The summed E-state index contributed by atoms with van der Waals surface area (Å²) in [6.45, 7) is 4.74. The maximum atomic E-state index is 13.7. The molecule has 0 unspecified atom stereocenters. The molecule has 2 N–H and O–H groups in total. The Kier molecular flexibility index (Phi) is 5.29. The number of nitrogens with zero attached hydrogens (tertiary/aromatic N) is 1. The third-order valence-corrected chi connectivity index (χ3v) is 4.07. The van der Waals surface area contributed by atoms with E-state index < -0.39 is 35.7 Å². The zero-order valence-corrected chi connectivity index (χ0v) is 14.6. The van der Waals surface area contributed by atoms with Gasteiger partial charge < -0.3 is 5.32 Å². The summed E-state index contributed by atoms with van der Waals surface area (Å²) in [5.41, 5.74) is -2.97. The molecule has 0 radical (unpaired) electrons. The molecule has 1 aliphatic rings. The van der Waals surface area contributed by atoms with Crippen molar-refractivity contribution in [3.05, 3.63) is 35.9 Å². The highest BCUT2D eigenvalue weighted by Gasteiger charge is 2.69. The van der Waals surface area contributed by atoms with Crippen molar-refractivity contribution < 1.29 is 27.6 Å². The van der Waals surface area contributed by atoms with Gasteiger partial charge in [0, 0.05) is 6.42 Å². The smallest absolute Gasteiger partial charge is 0.318 e. The molecule has 1 aromatic carbocycles. The molecule has 142 valence electrons. The first-order valence-corrected chi connectivity index (χ1v) is 8.08. The topological polar surface area (TPSA) is 78.5 Å². The Labute approximate surface area is 148 Å². The minimum atomic E-state index is -5.20. The van der Waals surface area contributed by atoms with Crippen molar-refractivity contribution in [3.63, 3.8) is 0 Å². The lowest BCUT2D eigenvalue weighted by atomic mass is 10.0. The van der Waals surface area contributed by atoms with Crippen LogP contribution in [-0.2, 0) is 9.59 Å². The molecule has 0 spiro atoms. The third kappa shape index (κ3) is 3.51. The fourth-order valence-electron chi connectivity index (χ4n) is 2.76. The van der Waals surface area contributed by atoms with Crippen LogP contribution >= 0.6 is 0 Å². The molecule has 0 saturated carbocycles. The number of hydrogen-bond donors (Lipinski definition) is 2. The molecule has 0 aromatic heterocycles. The highest BCUT2D eigenvalue weighted by atomic mass is 19.4. The standard InChI is InChI=1S/C17H20F3N3O3/c1-10(2)9-13(24)21-16(17(18,19)20)14(25)23(15(26)22-16)11(3)12-7-5-4-6-8-12/h4-8,10-11H,9H2,1-3H3,(H,21,24)(H,22,26)/t11-,16+/m1/s1. The van der Waals surface area contributed by atoms with Crippen molar-refractivity contribution in [2.24, 2.45) is 5.92 Å². The summed E-state index contributed by atoms with van der Waals surface area (Å²) in [4.78, 5) is 37.2. The number of carbonyl (C=O) groups is 3. The van der Waals surface area contributed by atoms with Crippen LogP contribution in [0.5, 0.6) is 0 Å². The maximum absolute atomic E-state index is 13.7. The van der Waals surface area contributed by atoms with Gasteiger partial charge in [-0.15, -0.1) is 0 Å². The number of alkyl halides is 3. The molecule has 4 amide bonds. The Morgan fingerprint density at radius 3 is 2.27 bits per heavy atom. The molecular formula is C17H20F3N3O3. The number of halogens is 3. The predicted molar refractivity (Wildman–Crippen MR) is 86.6 cm³/mol. The molecule has 2 atom stereocenters. The number of benzene rings is 1. The average molecular weight is 371 g/mol. The van der Waals surface area contributed by atoms with E-state index >= 15 is 0 Å². The van der Waals surface area contributed by atoms with Crippen LogP contribution in [0.25, 0.3) is 0 Å². The van der Waals surface area contributed by atoms with Crippen LogP contribution in [-0.4, -0.2) is 34.6 Å². The fourth-order valence-corrected chi connectivity index (χ4v) is 2.76. The molecule has 9 heteroatoms. The van der Waals surface area contributed by atoms with Gasteiger partial charge in [-0.1, -0.05) is 44.2 Å². The van der Waals surface area contributed by atoms with Crippen molar-refractivity contribution in [1.82, 2.24) is 15.5 Å². The Hall–Kier alpha value is -2.58. The van der Waals surface area contributed by atoms with Gasteiger partial charge in [0.05, 0.1) is 6.04 Å². The number of nitrogens with one attached hydrogen (secondary N) is 2. The number of hydrogen-bond acceptors (Lipinski definition) is 3. The lowest BCUT2D eigenvalue weighted by molar-refractivity contribution is -0.204. The summed E-state index contributed by atoms with van der Waals surface area (Å²) in [6, 6.07) is 6.03. The second kappa shape index (κ2) is 6.97. The van der Waals surface area contributed by atoms with Crippen LogP contribution in [0.15, 0.2) is 30.3 Å². The van der Waals surface area contributed by atoms with Crippen molar-refractivity contribution in [2.75, 3.05) is 0 Å². The third-order valence-electron chi connectivity index (χ3n) is 4.07. The zero-order valence-electron chi connectivity index (χ0n) is 14.6. The SMILES string of the molecule is CC(C)CC(=O)N[C@]1(C(F)(F)F)NC(=O)N([C@H](C)c2ccccc2)C1=O. The normalized spacial score (nSPS) is 21.7. The van der Waals surface area contributed by atoms with E-state index in [0.29, 0.717) is 10.5 Å². The van der Waals surface area contributed by atoms with Crippen molar-refractivity contribution in [3.8, 4) is 0 Å². The number of amides is 4. The number of carbonyl (C=O) groups excluding carboxylic acids is 3. The van der Waals surface area contributed by atoms with Gasteiger partial charge in [0.25, 0.3) is 11.6 Å². The summed E-state index contributed by atoms with van der Waals surface area (Å²) in [5, 5.41) is 3.34. The summed E-state index contributed by atoms with van der Waals surface area (Å²) in [5.74, 6) is -2.74. The quantitative estimate of drug-likeness (QED) is 0.782.